The largest absolute Gasteiger partial charge is 0.389 e. The summed E-state index contributed by atoms with van der Waals surface area (Å²) in [6.07, 6.45) is 5.18. The third-order valence-electron chi connectivity index (χ3n) is 3.70. The smallest absolute Gasteiger partial charge is 0.0926 e. The van der Waals surface area contributed by atoms with Crippen molar-refractivity contribution in [3.05, 3.63) is 35.9 Å². The van der Waals surface area contributed by atoms with Crippen LogP contribution in [-0.4, -0.2) is 37.0 Å². The van der Waals surface area contributed by atoms with Crippen LogP contribution in [0.5, 0.6) is 0 Å². The van der Waals surface area contributed by atoms with Crippen molar-refractivity contribution in [2.75, 3.05) is 19.8 Å². The monoisotopic (exact) mass is 263 g/mol. The maximum Gasteiger partial charge on any atom is 0.0926 e. The van der Waals surface area contributed by atoms with Gasteiger partial charge in [0.25, 0.3) is 0 Å². The van der Waals surface area contributed by atoms with Crippen LogP contribution in [0.3, 0.4) is 0 Å². The number of aryl methyl sites for hydroxylation is 1. The van der Waals surface area contributed by atoms with E-state index in [0.717, 1.165) is 32.4 Å². The summed E-state index contributed by atoms with van der Waals surface area (Å²) in [5.41, 5.74) is 1.35. The minimum atomic E-state index is -0.364. The molecule has 2 rings (SSSR count). The van der Waals surface area contributed by atoms with E-state index in [1.165, 1.54) is 18.4 Å². The molecule has 1 aromatic rings. The number of rotatable bonds is 7. The van der Waals surface area contributed by atoms with Crippen molar-refractivity contribution in [3.63, 3.8) is 0 Å². The molecule has 0 bridgehead atoms. The first-order valence-electron chi connectivity index (χ1n) is 7.39. The zero-order valence-corrected chi connectivity index (χ0v) is 11.6. The van der Waals surface area contributed by atoms with E-state index in [-0.39, 0.29) is 12.1 Å². The topological polar surface area (TPSA) is 41.5 Å². The molecular weight excluding hydrogens is 238 g/mol. The molecule has 1 aliphatic heterocycles. The van der Waals surface area contributed by atoms with E-state index in [0.29, 0.717) is 6.61 Å². The van der Waals surface area contributed by atoms with Crippen LogP contribution in [0.25, 0.3) is 0 Å². The second-order valence-corrected chi connectivity index (χ2v) is 5.29. The number of piperidine rings is 1. The Bertz CT molecular complexity index is 336. The van der Waals surface area contributed by atoms with E-state index in [2.05, 4.69) is 29.6 Å². The van der Waals surface area contributed by atoms with Crippen LogP contribution in [-0.2, 0) is 11.2 Å². The fourth-order valence-corrected chi connectivity index (χ4v) is 2.55. The number of hydrogen-bond acceptors (Lipinski definition) is 3. The highest BCUT2D eigenvalue weighted by molar-refractivity contribution is 5.14. The van der Waals surface area contributed by atoms with Gasteiger partial charge in [0.15, 0.2) is 0 Å². The van der Waals surface area contributed by atoms with Crippen molar-refractivity contribution >= 4 is 0 Å². The number of ether oxygens (including phenoxy) is 1. The van der Waals surface area contributed by atoms with Crippen LogP contribution >= 0.6 is 0 Å². The first-order valence-corrected chi connectivity index (χ1v) is 7.39. The van der Waals surface area contributed by atoms with Gasteiger partial charge in [-0.1, -0.05) is 36.8 Å². The van der Waals surface area contributed by atoms with Gasteiger partial charge < -0.3 is 15.2 Å². The molecule has 3 nitrogen and oxygen atoms in total. The molecule has 0 saturated carbocycles. The first-order chi connectivity index (χ1) is 9.36. The molecule has 1 aromatic carbocycles. The zero-order chi connectivity index (χ0) is 13.3. The average molecular weight is 263 g/mol. The molecule has 1 heterocycles. The molecule has 0 amide bonds. The molecule has 19 heavy (non-hydrogen) atoms. The van der Waals surface area contributed by atoms with Crippen LogP contribution < -0.4 is 5.32 Å². The van der Waals surface area contributed by atoms with Crippen LogP contribution in [0.2, 0.25) is 0 Å². The highest BCUT2D eigenvalue weighted by Gasteiger charge is 2.20. The fraction of sp³-hybridized carbons (Fsp3) is 0.625. The molecule has 0 aromatic heterocycles. The summed E-state index contributed by atoms with van der Waals surface area (Å²) < 4.78 is 5.58. The highest BCUT2D eigenvalue weighted by atomic mass is 16.5. The summed E-state index contributed by atoms with van der Waals surface area (Å²) in [6, 6.07) is 10.7. The Kier molecular flexibility index (Phi) is 6.34. The molecule has 106 valence electrons. The van der Waals surface area contributed by atoms with E-state index >= 15 is 0 Å². The lowest BCUT2D eigenvalue weighted by Gasteiger charge is -2.27. The van der Waals surface area contributed by atoms with Gasteiger partial charge in [0, 0.05) is 12.6 Å². The van der Waals surface area contributed by atoms with Gasteiger partial charge in [-0.15, -0.1) is 0 Å². The number of aliphatic hydroxyl groups excluding tert-OH is 1. The van der Waals surface area contributed by atoms with Crippen molar-refractivity contribution in [1.29, 1.82) is 0 Å². The molecule has 0 aliphatic carbocycles. The Morgan fingerprint density at radius 3 is 2.84 bits per heavy atom. The van der Waals surface area contributed by atoms with E-state index in [1.54, 1.807) is 0 Å². The van der Waals surface area contributed by atoms with E-state index < -0.39 is 0 Å². The third kappa shape index (κ3) is 5.31. The Balaban J connectivity index is 1.54. The van der Waals surface area contributed by atoms with Crippen LogP contribution in [0, 0.1) is 0 Å². The van der Waals surface area contributed by atoms with E-state index in [4.69, 9.17) is 4.74 Å². The number of benzene rings is 1. The summed E-state index contributed by atoms with van der Waals surface area (Å²) >= 11 is 0. The predicted octanol–water partition coefficient (Wildman–Crippen LogP) is 2.14. The van der Waals surface area contributed by atoms with Crippen molar-refractivity contribution in [2.45, 2.75) is 44.2 Å². The number of aliphatic hydroxyl groups is 1. The van der Waals surface area contributed by atoms with Crippen molar-refractivity contribution in [2.24, 2.45) is 0 Å². The van der Waals surface area contributed by atoms with Gasteiger partial charge >= 0.3 is 0 Å². The Morgan fingerprint density at radius 2 is 2.11 bits per heavy atom. The van der Waals surface area contributed by atoms with E-state index in [1.807, 2.05) is 6.07 Å². The first kappa shape index (κ1) is 14.5. The van der Waals surface area contributed by atoms with Crippen molar-refractivity contribution in [1.82, 2.24) is 5.32 Å². The van der Waals surface area contributed by atoms with Gasteiger partial charge in [-0.25, -0.2) is 0 Å². The highest BCUT2D eigenvalue weighted by Crippen LogP contribution is 2.11. The van der Waals surface area contributed by atoms with Gasteiger partial charge in [0.1, 0.15) is 0 Å². The Hall–Kier alpha value is -0.900. The van der Waals surface area contributed by atoms with Crippen molar-refractivity contribution < 1.29 is 9.84 Å². The maximum atomic E-state index is 10.0. The zero-order valence-electron chi connectivity index (χ0n) is 11.6. The summed E-state index contributed by atoms with van der Waals surface area (Å²) in [4.78, 5) is 0. The van der Waals surface area contributed by atoms with Crippen LogP contribution in [0.4, 0.5) is 0 Å². The van der Waals surface area contributed by atoms with E-state index in [9.17, 15) is 5.11 Å². The summed E-state index contributed by atoms with van der Waals surface area (Å²) in [7, 11) is 0. The van der Waals surface area contributed by atoms with Crippen molar-refractivity contribution in [3.8, 4) is 0 Å². The predicted molar refractivity (Wildman–Crippen MR) is 77.2 cm³/mol. The number of nitrogens with one attached hydrogen (secondary N) is 1. The second-order valence-electron chi connectivity index (χ2n) is 5.29. The lowest BCUT2D eigenvalue weighted by molar-refractivity contribution is 0.0105. The summed E-state index contributed by atoms with van der Waals surface area (Å²) in [5, 5.41) is 13.4. The minimum absolute atomic E-state index is 0.225. The second kappa shape index (κ2) is 8.31. The minimum Gasteiger partial charge on any atom is -0.389 e. The van der Waals surface area contributed by atoms with Crippen LogP contribution in [0.15, 0.2) is 30.3 Å². The maximum absolute atomic E-state index is 10.0. The molecule has 3 heteroatoms. The molecule has 0 spiro atoms. The van der Waals surface area contributed by atoms with Gasteiger partial charge in [-0.3, -0.25) is 0 Å². The SMILES string of the molecule is O[C@H](COCCCc1ccccc1)[C@@H]1CCCCN1. The molecule has 0 radical (unpaired) electrons. The standard InChI is InChI=1S/C16H25NO2/c18-16(15-10-4-5-11-17-15)13-19-12-6-9-14-7-2-1-3-8-14/h1-3,7-8,15-18H,4-6,9-13H2/t15-,16+/m0/s1. The molecule has 1 aliphatic rings. The molecule has 0 unspecified atom stereocenters. The molecule has 2 atom stereocenters. The molecular formula is C16H25NO2. The van der Waals surface area contributed by atoms with Crippen LogP contribution in [0.1, 0.15) is 31.2 Å². The lowest BCUT2D eigenvalue weighted by Crippen LogP contribution is -2.45. The average Bonchev–Trinajstić information content (AvgIpc) is 2.49. The van der Waals surface area contributed by atoms with Gasteiger partial charge in [0.05, 0.1) is 12.7 Å². The molecule has 1 fully saturated rings. The van der Waals surface area contributed by atoms with Gasteiger partial charge in [-0.2, -0.15) is 0 Å². The summed E-state index contributed by atoms with van der Waals surface area (Å²) in [6.45, 7) is 2.20. The van der Waals surface area contributed by atoms with Gasteiger partial charge in [-0.05, 0) is 37.8 Å². The Morgan fingerprint density at radius 1 is 1.26 bits per heavy atom. The normalized spacial score (nSPS) is 21.2. The molecule has 1 saturated heterocycles. The Labute approximate surface area is 116 Å². The summed E-state index contributed by atoms with van der Waals surface area (Å²) in [5.74, 6) is 0. The number of hydrogen-bond donors (Lipinski definition) is 2. The van der Waals surface area contributed by atoms with Gasteiger partial charge in [0.2, 0.25) is 0 Å². The lowest BCUT2D eigenvalue weighted by atomic mass is 10.0. The fourth-order valence-electron chi connectivity index (χ4n) is 2.55. The molecule has 2 N–H and O–H groups in total. The third-order valence-corrected chi connectivity index (χ3v) is 3.70. The quantitative estimate of drug-likeness (QED) is 0.741.